The number of carbonyl (C=O) groups excluding carboxylic acids is 1. The molecule has 4 heteroatoms. The smallest absolute Gasteiger partial charge is 0.0816 e. The van der Waals surface area contributed by atoms with Gasteiger partial charge in [0.2, 0.25) is 0 Å². The second-order valence-corrected chi connectivity index (χ2v) is 10.4. The summed E-state index contributed by atoms with van der Waals surface area (Å²) in [6.07, 6.45) is 5.81. The van der Waals surface area contributed by atoms with Crippen LogP contribution >= 0.6 is 0 Å². The highest BCUT2D eigenvalue weighted by molar-refractivity contribution is 5.66. The summed E-state index contributed by atoms with van der Waals surface area (Å²) < 4.78 is 2.28. The zero-order valence-corrected chi connectivity index (χ0v) is 17.5. The molecule has 0 saturated carbocycles. The van der Waals surface area contributed by atoms with Gasteiger partial charge in [-0.1, -0.05) is 28.7 Å². The van der Waals surface area contributed by atoms with Crippen LogP contribution in [-0.2, 0) is 4.79 Å². The lowest BCUT2D eigenvalue weighted by atomic mass is 9.82. The van der Waals surface area contributed by atoms with E-state index in [4.69, 9.17) is 0 Å². The summed E-state index contributed by atoms with van der Waals surface area (Å²) in [6, 6.07) is 0. The Kier molecular flexibility index (Phi) is 10.0. The molecular formula is C23H49N2O2+. The molecule has 5 atom stereocenters. The Labute approximate surface area is 170 Å². The predicted octanol–water partition coefficient (Wildman–Crippen LogP) is 3.26. The van der Waals surface area contributed by atoms with Crippen LogP contribution in [-0.4, -0.2) is 69.3 Å². The monoisotopic (exact) mass is 385 g/mol. The molecule has 2 fully saturated rings. The molecule has 0 aromatic carbocycles. The normalized spacial score (nSPS) is 32.4. The second kappa shape index (κ2) is 10.2. The van der Waals surface area contributed by atoms with Gasteiger partial charge in [-0.05, 0) is 38.0 Å². The number of likely N-dealkylation sites (tertiary alicyclic amines) is 2. The molecule has 0 N–H and O–H groups in total. The maximum atomic E-state index is 11.0. The van der Waals surface area contributed by atoms with Gasteiger partial charge < -0.3 is 18.9 Å². The largest absolute Gasteiger partial charge is 0.550 e. The van der Waals surface area contributed by atoms with Gasteiger partial charge in [0.25, 0.3) is 0 Å². The van der Waals surface area contributed by atoms with Crippen molar-refractivity contribution in [3.8, 4) is 0 Å². The van der Waals surface area contributed by atoms with Crippen LogP contribution in [0.25, 0.3) is 0 Å². The molecule has 4 nitrogen and oxygen atoms in total. The summed E-state index contributed by atoms with van der Waals surface area (Å²) in [5, 5.41) is 11.0. The van der Waals surface area contributed by atoms with Crippen molar-refractivity contribution < 1.29 is 18.9 Å². The maximum Gasteiger partial charge on any atom is 0.0816 e. The molecule has 162 valence electrons. The Bertz CT molecular complexity index is 461. The van der Waals surface area contributed by atoms with Crippen LogP contribution < -0.4 is 5.11 Å². The minimum Gasteiger partial charge on any atom is -0.550 e. The molecule has 2 rings (SSSR count). The van der Waals surface area contributed by atoms with Crippen molar-refractivity contribution in [2.45, 2.75) is 60.8 Å². The highest BCUT2D eigenvalue weighted by Crippen LogP contribution is 2.38. The third kappa shape index (κ3) is 7.38. The standard InChI is InChI=1S/C21H41N2O2.2CH4/c1-7-17-12-22(3,4)13-18(17)10-11-20-15-23(5,6)14-19(20)9-8-16(2)21(24)25;;/h16-20H,7-15H2,1-6H3;2*1H4/q+1;;. The Morgan fingerprint density at radius 1 is 0.852 bits per heavy atom. The van der Waals surface area contributed by atoms with Gasteiger partial charge in [0.1, 0.15) is 0 Å². The van der Waals surface area contributed by atoms with Gasteiger partial charge in [0.05, 0.1) is 54.4 Å². The first-order valence-electron chi connectivity index (χ1n) is 10.4. The lowest BCUT2D eigenvalue weighted by Gasteiger charge is -2.24. The molecule has 27 heavy (non-hydrogen) atoms. The average Bonchev–Trinajstić information content (AvgIpc) is 2.97. The molecule has 2 aliphatic rings. The van der Waals surface area contributed by atoms with Crippen LogP contribution in [0.1, 0.15) is 60.8 Å². The number of aliphatic carboxylic acids is 1. The van der Waals surface area contributed by atoms with Crippen LogP contribution in [0.15, 0.2) is 0 Å². The van der Waals surface area contributed by atoms with Crippen molar-refractivity contribution in [1.29, 1.82) is 0 Å². The summed E-state index contributed by atoms with van der Waals surface area (Å²) in [5.74, 6) is 2.00. The van der Waals surface area contributed by atoms with Gasteiger partial charge >= 0.3 is 0 Å². The quantitative estimate of drug-likeness (QED) is 0.602. The third-order valence-electron chi connectivity index (χ3n) is 7.05. The number of rotatable bonds is 8. The first-order chi connectivity index (χ1) is 11.5. The van der Waals surface area contributed by atoms with Crippen molar-refractivity contribution >= 4 is 5.97 Å². The van der Waals surface area contributed by atoms with E-state index < -0.39 is 5.97 Å². The molecule has 0 aromatic heterocycles. The molecule has 0 amide bonds. The van der Waals surface area contributed by atoms with Crippen molar-refractivity contribution in [3.63, 3.8) is 0 Å². The fraction of sp³-hybridized carbons (Fsp3) is 0.957. The minimum atomic E-state index is -0.889. The fourth-order valence-corrected chi connectivity index (χ4v) is 5.74. The van der Waals surface area contributed by atoms with Crippen molar-refractivity contribution in [2.75, 3.05) is 54.4 Å². The SMILES string of the molecule is C.C.CCC1C[N+](C)(C)CC1CCC1C[N+](C)(C)CC1CCC(C)C(=O)[O-]. The first-order valence-corrected chi connectivity index (χ1v) is 10.4. The minimum absolute atomic E-state index is 0. The van der Waals surface area contributed by atoms with E-state index in [1.807, 2.05) is 0 Å². The number of carboxylic acid groups (broad SMARTS) is 1. The summed E-state index contributed by atoms with van der Waals surface area (Å²) >= 11 is 0. The van der Waals surface area contributed by atoms with Crippen molar-refractivity contribution in [3.05, 3.63) is 0 Å². The van der Waals surface area contributed by atoms with E-state index in [1.165, 1.54) is 49.9 Å². The lowest BCUT2D eigenvalue weighted by Crippen LogP contribution is -2.37. The molecule has 0 aliphatic carbocycles. The van der Waals surface area contributed by atoms with E-state index in [0.29, 0.717) is 5.92 Å². The Morgan fingerprint density at radius 3 is 1.63 bits per heavy atom. The van der Waals surface area contributed by atoms with Crippen molar-refractivity contribution in [2.24, 2.45) is 29.6 Å². The fourth-order valence-electron chi connectivity index (χ4n) is 5.74. The number of quaternary nitrogens is 2. The molecule has 2 saturated heterocycles. The van der Waals surface area contributed by atoms with Gasteiger partial charge in [-0.15, -0.1) is 0 Å². The summed E-state index contributed by atoms with van der Waals surface area (Å²) in [7, 11) is 9.42. The summed E-state index contributed by atoms with van der Waals surface area (Å²) in [4.78, 5) is 11.0. The van der Waals surface area contributed by atoms with E-state index in [2.05, 4.69) is 35.1 Å². The first kappa shape index (κ1) is 26.4. The third-order valence-corrected chi connectivity index (χ3v) is 7.05. The summed E-state index contributed by atoms with van der Waals surface area (Å²) in [5.41, 5.74) is 0. The Morgan fingerprint density at radius 2 is 1.22 bits per heavy atom. The highest BCUT2D eigenvalue weighted by atomic mass is 16.4. The van der Waals surface area contributed by atoms with Crippen LogP contribution in [0, 0.1) is 29.6 Å². The van der Waals surface area contributed by atoms with Gasteiger partial charge in [-0.3, -0.25) is 0 Å². The second-order valence-electron chi connectivity index (χ2n) is 10.4. The van der Waals surface area contributed by atoms with Crippen LogP contribution in [0.5, 0.6) is 0 Å². The van der Waals surface area contributed by atoms with E-state index in [9.17, 15) is 9.90 Å². The van der Waals surface area contributed by atoms with E-state index in [0.717, 1.165) is 35.1 Å². The molecule has 0 bridgehead atoms. The zero-order chi connectivity index (χ0) is 18.8. The molecule has 2 aliphatic heterocycles. The van der Waals surface area contributed by atoms with Crippen LogP contribution in [0.4, 0.5) is 0 Å². The number of carbonyl (C=O) groups is 1. The van der Waals surface area contributed by atoms with Gasteiger partial charge in [-0.25, -0.2) is 0 Å². The lowest BCUT2D eigenvalue weighted by molar-refractivity contribution is -0.881. The van der Waals surface area contributed by atoms with E-state index in [-0.39, 0.29) is 20.8 Å². The zero-order valence-electron chi connectivity index (χ0n) is 17.5. The number of carboxylic acids is 1. The highest BCUT2D eigenvalue weighted by Gasteiger charge is 2.42. The van der Waals surface area contributed by atoms with Gasteiger partial charge in [-0.2, -0.15) is 0 Å². The molecule has 0 spiro atoms. The number of nitrogens with zero attached hydrogens (tertiary/aromatic N) is 2. The topological polar surface area (TPSA) is 40.1 Å². The summed E-state index contributed by atoms with van der Waals surface area (Å²) in [6.45, 7) is 9.27. The van der Waals surface area contributed by atoms with Crippen LogP contribution in [0.2, 0.25) is 0 Å². The number of hydrogen-bond donors (Lipinski definition) is 0. The Hall–Kier alpha value is -0.610. The van der Waals surface area contributed by atoms with Gasteiger partial charge in [0, 0.05) is 29.6 Å². The molecule has 0 aromatic rings. The molecule has 0 radical (unpaired) electrons. The number of hydrogen-bond acceptors (Lipinski definition) is 2. The predicted molar refractivity (Wildman–Crippen MR) is 114 cm³/mol. The average molecular weight is 386 g/mol. The van der Waals surface area contributed by atoms with Gasteiger partial charge in [0.15, 0.2) is 0 Å². The molecule has 5 unspecified atom stereocenters. The molecular weight excluding hydrogens is 336 g/mol. The van der Waals surface area contributed by atoms with E-state index in [1.54, 1.807) is 6.92 Å². The van der Waals surface area contributed by atoms with E-state index >= 15 is 0 Å². The van der Waals surface area contributed by atoms with Crippen molar-refractivity contribution in [1.82, 2.24) is 0 Å². The Balaban J connectivity index is 0.00000338. The maximum absolute atomic E-state index is 11.0. The molecule has 2 heterocycles. The van der Waals surface area contributed by atoms with Crippen LogP contribution in [0.3, 0.4) is 0 Å².